The van der Waals surface area contributed by atoms with E-state index >= 15 is 0 Å². The summed E-state index contributed by atoms with van der Waals surface area (Å²) in [5, 5.41) is 13.0. The van der Waals surface area contributed by atoms with Crippen molar-refractivity contribution in [2.75, 3.05) is 13.2 Å². The highest BCUT2D eigenvalue weighted by molar-refractivity contribution is 7.15. The minimum Gasteiger partial charge on any atom is -0.396 e. The second kappa shape index (κ2) is 6.49. The highest BCUT2D eigenvalue weighted by Gasteiger charge is 2.03. The standard InChI is InChI=1S/C13H16N2OS/c16-8-4-7-14-9-12-10-15-13(17-12)11-5-2-1-3-6-11/h1-3,5-6,10,14,16H,4,7-9H2. The Bertz CT molecular complexity index is 442. The summed E-state index contributed by atoms with van der Waals surface area (Å²) in [4.78, 5) is 5.64. The van der Waals surface area contributed by atoms with Gasteiger partial charge in [0.05, 0.1) is 0 Å². The third kappa shape index (κ3) is 3.63. The highest BCUT2D eigenvalue weighted by Crippen LogP contribution is 2.24. The average Bonchev–Trinajstić information content (AvgIpc) is 2.85. The maximum Gasteiger partial charge on any atom is 0.123 e. The summed E-state index contributed by atoms with van der Waals surface area (Å²) >= 11 is 1.71. The molecule has 0 spiro atoms. The van der Waals surface area contributed by atoms with Crippen molar-refractivity contribution in [1.82, 2.24) is 10.3 Å². The van der Waals surface area contributed by atoms with Crippen LogP contribution in [0.25, 0.3) is 10.6 Å². The first-order valence-electron chi connectivity index (χ1n) is 5.72. The maximum atomic E-state index is 8.67. The van der Waals surface area contributed by atoms with E-state index in [1.807, 2.05) is 24.4 Å². The van der Waals surface area contributed by atoms with Crippen LogP contribution in [0.15, 0.2) is 36.5 Å². The Morgan fingerprint density at radius 1 is 1.24 bits per heavy atom. The van der Waals surface area contributed by atoms with E-state index in [4.69, 9.17) is 5.11 Å². The second-order valence-electron chi connectivity index (χ2n) is 3.75. The number of nitrogens with one attached hydrogen (secondary N) is 1. The van der Waals surface area contributed by atoms with Gasteiger partial charge >= 0.3 is 0 Å². The third-order valence-electron chi connectivity index (χ3n) is 2.39. The minimum absolute atomic E-state index is 0.241. The van der Waals surface area contributed by atoms with Crippen molar-refractivity contribution in [3.63, 3.8) is 0 Å². The largest absolute Gasteiger partial charge is 0.396 e. The van der Waals surface area contributed by atoms with Gasteiger partial charge in [-0.15, -0.1) is 11.3 Å². The van der Waals surface area contributed by atoms with E-state index in [1.165, 1.54) is 10.4 Å². The zero-order valence-electron chi connectivity index (χ0n) is 9.60. The molecule has 3 nitrogen and oxygen atoms in total. The molecule has 1 aromatic carbocycles. The highest BCUT2D eigenvalue weighted by atomic mass is 32.1. The Labute approximate surface area is 105 Å². The Kier molecular flexibility index (Phi) is 4.67. The lowest BCUT2D eigenvalue weighted by Crippen LogP contribution is -2.14. The summed E-state index contributed by atoms with van der Waals surface area (Å²) in [5.74, 6) is 0. The van der Waals surface area contributed by atoms with Crippen molar-refractivity contribution in [2.24, 2.45) is 0 Å². The fourth-order valence-electron chi connectivity index (χ4n) is 1.52. The smallest absolute Gasteiger partial charge is 0.123 e. The molecule has 0 aliphatic heterocycles. The molecule has 0 saturated heterocycles. The van der Waals surface area contributed by atoms with Gasteiger partial charge in [-0.05, 0) is 13.0 Å². The molecule has 0 radical (unpaired) electrons. The molecule has 2 rings (SSSR count). The normalized spacial score (nSPS) is 10.6. The Hall–Kier alpha value is -1.23. The molecule has 4 heteroatoms. The van der Waals surface area contributed by atoms with Gasteiger partial charge in [0.25, 0.3) is 0 Å². The van der Waals surface area contributed by atoms with E-state index in [2.05, 4.69) is 22.4 Å². The van der Waals surface area contributed by atoms with Gasteiger partial charge in [0.15, 0.2) is 0 Å². The predicted octanol–water partition coefficient (Wildman–Crippen LogP) is 2.28. The number of benzene rings is 1. The number of aliphatic hydroxyl groups excluding tert-OH is 1. The number of thiazole rings is 1. The molecule has 90 valence electrons. The van der Waals surface area contributed by atoms with E-state index in [0.29, 0.717) is 0 Å². The van der Waals surface area contributed by atoms with E-state index in [1.54, 1.807) is 11.3 Å². The van der Waals surface area contributed by atoms with Gasteiger partial charge < -0.3 is 10.4 Å². The summed E-state index contributed by atoms with van der Waals surface area (Å²) in [6.07, 6.45) is 2.71. The second-order valence-corrected chi connectivity index (χ2v) is 4.87. The molecular formula is C13H16N2OS. The van der Waals surface area contributed by atoms with Crippen LogP contribution >= 0.6 is 11.3 Å². The Morgan fingerprint density at radius 2 is 2.06 bits per heavy atom. The SMILES string of the molecule is OCCCNCc1cnc(-c2ccccc2)s1. The number of aliphatic hydroxyl groups is 1. The minimum atomic E-state index is 0.241. The molecular weight excluding hydrogens is 232 g/mol. The molecule has 2 aromatic rings. The maximum absolute atomic E-state index is 8.67. The number of hydrogen-bond donors (Lipinski definition) is 2. The average molecular weight is 248 g/mol. The summed E-state index contributed by atoms with van der Waals surface area (Å²) in [6, 6.07) is 10.2. The topological polar surface area (TPSA) is 45.1 Å². The van der Waals surface area contributed by atoms with Crippen LogP contribution in [0.2, 0.25) is 0 Å². The molecule has 0 saturated carbocycles. The zero-order valence-corrected chi connectivity index (χ0v) is 10.4. The fraction of sp³-hybridized carbons (Fsp3) is 0.308. The van der Waals surface area contributed by atoms with Crippen LogP contribution in [0.5, 0.6) is 0 Å². The first-order valence-corrected chi connectivity index (χ1v) is 6.53. The van der Waals surface area contributed by atoms with Gasteiger partial charge in [-0.25, -0.2) is 4.98 Å². The molecule has 0 bridgehead atoms. The van der Waals surface area contributed by atoms with Crippen LogP contribution in [0.1, 0.15) is 11.3 Å². The van der Waals surface area contributed by atoms with Crippen molar-refractivity contribution in [3.8, 4) is 10.6 Å². The van der Waals surface area contributed by atoms with Crippen molar-refractivity contribution in [3.05, 3.63) is 41.4 Å². The van der Waals surface area contributed by atoms with E-state index < -0.39 is 0 Å². The number of hydrogen-bond acceptors (Lipinski definition) is 4. The van der Waals surface area contributed by atoms with Gasteiger partial charge in [0, 0.05) is 29.8 Å². The molecule has 1 aromatic heterocycles. The quantitative estimate of drug-likeness (QED) is 0.771. The van der Waals surface area contributed by atoms with Crippen LogP contribution < -0.4 is 5.32 Å². The number of rotatable bonds is 6. The van der Waals surface area contributed by atoms with E-state index in [9.17, 15) is 0 Å². The van der Waals surface area contributed by atoms with Crippen molar-refractivity contribution in [1.29, 1.82) is 0 Å². The molecule has 0 unspecified atom stereocenters. The molecule has 0 atom stereocenters. The molecule has 0 amide bonds. The Morgan fingerprint density at radius 3 is 2.82 bits per heavy atom. The van der Waals surface area contributed by atoms with Gasteiger partial charge in [0.1, 0.15) is 5.01 Å². The van der Waals surface area contributed by atoms with Crippen molar-refractivity contribution >= 4 is 11.3 Å². The first kappa shape index (κ1) is 12.2. The lowest BCUT2D eigenvalue weighted by Gasteiger charge is -1.99. The predicted molar refractivity (Wildman–Crippen MR) is 71.0 cm³/mol. The fourth-order valence-corrected chi connectivity index (χ4v) is 2.41. The van der Waals surface area contributed by atoms with Crippen LogP contribution in [-0.2, 0) is 6.54 Å². The molecule has 0 aliphatic rings. The van der Waals surface area contributed by atoms with Crippen LogP contribution in [0.4, 0.5) is 0 Å². The number of aromatic nitrogens is 1. The first-order chi connectivity index (χ1) is 8.40. The zero-order chi connectivity index (χ0) is 11.9. The summed E-state index contributed by atoms with van der Waals surface area (Å²) in [7, 11) is 0. The summed E-state index contributed by atoms with van der Waals surface area (Å²) in [6.45, 7) is 1.91. The van der Waals surface area contributed by atoms with Crippen LogP contribution in [-0.4, -0.2) is 23.2 Å². The Balaban J connectivity index is 1.92. The van der Waals surface area contributed by atoms with Gasteiger partial charge in [-0.3, -0.25) is 0 Å². The van der Waals surface area contributed by atoms with Crippen molar-refractivity contribution in [2.45, 2.75) is 13.0 Å². The lowest BCUT2D eigenvalue weighted by molar-refractivity contribution is 0.286. The van der Waals surface area contributed by atoms with Gasteiger partial charge in [-0.1, -0.05) is 30.3 Å². The molecule has 0 aliphatic carbocycles. The summed E-state index contributed by atoms with van der Waals surface area (Å²) in [5.41, 5.74) is 1.17. The monoisotopic (exact) mass is 248 g/mol. The van der Waals surface area contributed by atoms with E-state index in [0.717, 1.165) is 24.5 Å². The molecule has 1 heterocycles. The molecule has 0 fully saturated rings. The third-order valence-corrected chi connectivity index (χ3v) is 3.43. The van der Waals surface area contributed by atoms with E-state index in [-0.39, 0.29) is 6.61 Å². The van der Waals surface area contributed by atoms with Crippen LogP contribution in [0.3, 0.4) is 0 Å². The molecule has 2 N–H and O–H groups in total. The van der Waals surface area contributed by atoms with Gasteiger partial charge in [0.2, 0.25) is 0 Å². The summed E-state index contributed by atoms with van der Waals surface area (Å²) < 4.78 is 0. The lowest BCUT2D eigenvalue weighted by atomic mass is 10.2. The van der Waals surface area contributed by atoms with Gasteiger partial charge in [-0.2, -0.15) is 0 Å². The number of nitrogens with zero attached hydrogens (tertiary/aromatic N) is 1. The molecule has 17 heavy (non-hydrogen) atoms. The van der Waals surface area contributed by atoms with Crippen molar-refractivity contribution < 1.29 is 5.11 Å². The van der Waals surface area contributed by atoms with Crippen LogP contribution in [0, 0.1) is 0 Å².